The lowest BCUT2D eigenvalue weighted by Crippen LogP contribution is -2.23. The number of alkyl halides is 2. The molecule has 0 aliphatic rings. The molecular formula is C22H21F2O2PS. The first kappa shape index (κ1) is 20.8. The van der Waals surface area contributed by atoms with Gasteiger partial charge in [0.05, 0.1) is 13.2 Å². The molecule has 0 saturated carbocycles. The molecule has 0 saturated heterocycles. The zero-order valence-corrected chi connectivity index (χ0v) is 16.9. The predicted molar refractivity (Wildman–Crippen MR) is 112 cm³/mol. The van der Waals surface area contributed by atoms with E-state index in [4.69, 9.17) is 20.9 Å². The molecule has 0 aliphatic carbocycles. The minimum Gasteiger partial charge on any atom is -0.320 e. The summed E-state index contributed by atoms with van der Waals surface area (Å²) in [4.78, 5) is 0. The molecule has 3 aromatic rings. The van der Waals surface area contributed by atoms with Crippen LogP contribution in [-0.4, -0.2) is 5.66 Å². The molecule has 0 N–H and O–H groups in total. The van der Waals surface area contributed by atoms with Crippen molar-refractivity contribution in [1.82, 2.24) is 0 Å². The molecule has 2 nitrogen and oxygen atoms in total. The van der Waals surface area contributed by atoms with E-state index in [1.165, 1.54) is 0 Å². The Balaban J connectivity index is 1.80. The van der Waals surface area contributed by atoms with Crippen LogP contribution in [0.3, 0.4) is 0 Å². The first-order valence-electron chi connectivity index (χ1n) is 8.87. The van der Waals surface area contributed by atoms with E-state index >= 15 is 8.78 Å². The summed E-state index contributed by atoms with van der Waals surface area (Å²) in [5, 5.41) is 0. The molecule has 3 aromatic carbocycles. The second-order valence-electron chi connectivity index (χ2n) is 6.34. The first-order valence-corrected chi connectivity index (χ1v) is 11.5. The number of hydrogen-bond acceptors (Lipinski definition) is 3. The number of halogens is 2. The van der Waals surface area contributed by atoms with Crippen molar-refractivity contribution in [2.24, 2.45) is 0 Å². The highest BCUT2D eigenvalue weighted by molar-refractivity contribution is 8.10. The SMILES string of the molecule is FC(F)(Cc1ccccc1)P(=S)(OCc1ccccc1)OCc1ccccc1. The van der Waals surface area contributed by atoms with Gasteiger partial charge in [0, 0.05) is 6.42 Å². The van der Waals surface area contributed by atoms with Gasteiger partial charge in [-0.1, -0.05) is 91.0 Å². The Morgan fingerprint density at radius 2 is 1.00 bits per heavy atom. The zero-order chi connectivity index (χ0) is 19.9. The van der Waals surface area contributed by atoms with Crippen molar-refractivity contribution < 1.29 is 17.8 Å². The van der Waals surface area contributed by atoms with Gasteiger partial charge in [0.1, 0.15) is 0 Å². The van der Waals surface area contributed by atoms with Gasteiger partial charge in [-0.05, 0) is 28.5 Å². The van der Waals surface area contributed by atoms with E-state index in [2.05, 4.69) is 0 Å². The fraction of sp³-hybridized carbons (Fsp3) is 0.182. The molecule has 0 aliphatic heterocycles. The maximum atomic E-state index is 15.3. The standard InChI is InChI=1S/C22H21F2O2PS/c23-22(24,16-19-10-4-1-5-11-19)27(28,25-17-20-12-6-2-7-13-20)26-18-21-14-8-3-9-15-21/h1-15H,16-18H2. The van der Waals surface area contributed by atoms with Gasteiger partial charge in [-0.15, -0.1) is 0 Å². The summed E-state index contributed by atoms with van der Waals surface area (Å²) in [6, 6.07) is 26.8. The third-order valence-electron chi connectivity index (χ3n) is 4.15. The summed E-state index contributed by atoms with van der Waals surface area (Å²) in [5.41, 5.74) is -1.26. The van der Waals surface area contributed by atoms with E-state index < -0.39 is 18.6 Å². The van der Waals surface area contributed by atoms with E-state index in [0.29, 0.717) is 5.56 Å². The lowest BCUT2D eigenvalue weighted by atomic mass is 10.2. The average molecular weight is 418 g/mol. The largest absolute Gasteiger partial charge is 0.324 e. The van der Waals surface area contributed by atoms with Crippen LogP contribution in [0.5, 0.6) is 0 Å². The van der Waals surface area contributed by atoms with Crippen LogP contribution < -0.4 is 0 Å². The second kappa shape index (κ2) is 9.53. The van der Waals surface area contributed by atoms with Crippen molar-refractivity contribution in [2.75, 3.05) is 0 Å². The molecule has 0 atom stereocenters. The van der Waals surface area contributed by atoms with Crippen molar-refractivity contribution >= 4 is 18.3 Å². The quantitative estimate of drug-likeness (QED) is 0.367. The molecular weight excluding hydrogens is 397 g/mol. The number of benzene rings is 3. The van der Waals surface area contributed by atoms with Crippen molar-refractivity contribution in [3.63, 3.8) is 0 Å². The van der Waals surface area contributed by atoms with Crippen molar-refractivity contribution in [1.29, 1.82) is 0 Å². The highest BCUT2D eigenvalue weighted by Gasteiger charge is 2.49. The summed E-state index contributed by atoms with van der Waals surface area (Å²) in [6.45, 7) is -3.95. The number of hydrogen-bond donors (Lipinski definition) is 0. The Morgan fingerprint density at radius 1 is 0.643 bits per heavy atom. The fourth-order valence-corrected chi connectivity index (χ4v) is 4.61. The van der Waals surface area contributed by atoms with Crippen LogP contribution in [0.15, 0.2) is 91.0 Å². The topological polar surface area (TPSA) is 18.5 Å². The van der Waals surface area contributed by atoms with Crippen LogP contribution in [0.2, 0.25) is 0 Å². The Labute approximate surface area is 169 Å². The minimum atomic E-state index is -3.92. The first-order chi connectivity index (χ1) is 13.5. The van der Waals surface area contributed by atoms with Gasteiger partial charge in [-0.2, -0.15) is 8.78 Å². The zero-order valence-electron chi connectivity index (χ0n) is 15.2. The van der Waals surface area contributed by atoms with Gasteiger partial charge in [0.2, 0.25) is 0 Å². The third kappa shape index (κ3) is 5.55. The Morgan fingerprint density at radius 3 is 1.39 bits per heavy atom. The van der Waals surface area contributed by atoms with Crippen molar-refractivity contribution in [3.05, 3.63) is 108 Å². The van der Waals surface area contributed by atoms with Crippen LogP contribution in [0, 0.1) is 0 Å². The molecule has 0 fully saturated rings. The second-order valence-corrected chi connectivity index (χ2v) is 9.95. The Hall–Kier alpha value is -1.91. The summed E-state index contributed by atoms with van der Waals surface area (Å²) in [5.74, 6) is 0. The Kier molecular flexibility index (Phi) is 7.08. The maximum absolute atomic E-state index is 15.3. The Bertz CT molecular complexity index is 858. The summed E-state index contributed by atoms with van der Waals surface area (Å²) in [6.07, 6.45) is -0.519. The fourth-order valence-electron chi connectivity index (χ4n) is 2.63. The molecule has 3 rings (SSSR count). The molecule has 0 radical (unpaired) electrons. The molecule has 0 unspecified atom stereocenters. The van der Waals surface area contributed by atoms with Crippen LogP contribution in [0.4, 0.5) is 8.78 Å². The van der Waals surface area contributed by atoms with Gasteiger partial charge in [-0.3, -0.25) is 0 Å². The van der Waals surface area contributed by atoms with Gasteiger partial charge >= 0.3 is 5.66 Å². The highest BCUT2D eigenvalue weighted by atomic mass is 32.5. The van der Waals surface area contributed by atoms with Crippen molar-refractivity contribution in [2.45, 2.75) is 25.3 Å². The summed E-state index contributed by atoms with van der Waals surface area (Å²) < 4.78 is 41.8. The molecule has 28 heavy (non-hydrogen) atoms. The molecule has 146 valence electrons. The van der Waals surface area contributed by atoms with E-state index in [9.17, 15) is 0 Å². The normalized spacial score (nSPS) is 12.1. The molecule has 0 spiro atoms. The molecule has 0 heterocycles. The average Bonchev–Trinajstić information content (AvgIpc) is 2.72. The van der Waals surface area contributed by atoms with Gasteiger partial charge in [0.25, 0.3) is 6.49 Å². The van der Waals surface area contributed by atoms with E-state index in [1.54, 1.807) is 30.3 Å². The minimum absolute atomic E-state index is 0.0166. The van der Waals surface area contributed by atoms with Crippen LogP contribution >= 0.6 is 6.49 Å². The van der Waals surface area contributed by atoms with Gasteiger partial charge in [0.15, 0.2) is 0 Å². The van der Waals surface area contributed by atoms with Gasteiger partial charge in [-0.25, -0.2) is 0 Å². The third-order valence-corrected chi connectivity index (χ3v) is 7.48. The molecule has 0 bridgehead atoms. The monoisotopic (exact) mass is 418 g/mol. The number of rotatable bonds is 9. The van der Waals surface area contributed by atoms with Crippen LogP contribution in [-0.2, 0) is 40.5 Å². The predicted octanol–water partition coefficient (Wildman–Crippen LogP) is 6.57. The van der Waals surface area contributed by atoms with Gasteiger partial charge < -0.3 is 9.05 Å². The van der Waals surface area contributed by atoms with Crippen LogP contribution in [0.1, 0.15) is 16.7 Å². The lowest BCUT2D eigenvalue weighted by molar-refractivity contribution is 0.0527. The maximum Gasteiger partial charge on any atom is 0.324 e. The molecule has 0 amide bonds. The molecule has 0 aromatic heterocycles. The van der Waals surface area contributed by atoms with E-state index in [-0.39, 0.29) is 13.2 Å². The van der Waals surface area contributed by atoms with E-state index in [1.807, 2.05) is 60.7 Å². The van der Waals surface area contributed by atoms with Crippen molar-refractivity contribution in [3.8, 4) is 0 Å². The highest BCUT2D eigenvalue weighted by Crippen LogP contribution is 2.64. The molecule has 6 heteroatoms. The summed E-state index contributed by atoms with van der Waals surface area (Å²) in [7, 11) is 0. The lowest BCUT2D eigenvalue weighted by Gasteiger charge is -2.30. The summed E-state index contributed by atoms with van der Waals surface area (Å²) >= 11 is 5.35. The van der Waals surface area contributed by atoms with Crippen LogP contribution in [0.25, 0.3) is 0 Å². The van der Waals surface area contributed by atoms with E-state index in [0.717, 1.165) is 11.1 Å². The smallest absolute Gasteiger partial charge is 0.320 e.